The van der Waals surface area contributed by atoms with Gasteiger partial charge in [-0.1, -0.05) is 25.1 Å². The summed E-state index contributed by atoms with van der Waals surface area (Å²) in [6, 6.07) is 8.28. The maximum Gasteiger partial charge on any atom is 0.223 e. The smallest absolute Gasteiger partial charge is 0.223 e. The molecule has 2 rings (SSSR count). The summed E-state index contributed by atoms with van der Waals surface area (Å²) in [4.78, 5) is 13.7. The fraction of sp³-hybridized carbons (Fsp3) is 0.400. The van der Waals surface area contributed by atoms with E-state index in [0.29, 0.717) is 6.42 Å². The van der Waals surface area contributed by atoms with Gasteiger partial charge in [0, 0.05) is 45.7 Å². The average Bonchev–Trinajstić information content (AvgIpc) is 2.38. The molecule has 3 heteroatoms. The summed E-state index contributed by atoms with van der Waals surface area (Å²) in [5, 5.41) is 0. The van der Waals surface area contributed by atoms with Crippen LogP contribution in [0.4, 0.5) is 0 Å². The Bertz CT molecular complexity index is 454. The number of aryl methyl sites for hydroxylation is 1. The minimum Gasteiger partial charge on any atom is -0.348 e. The van der Waals surface area contributed by atoms with Crippen molar-refractivity contribution >= 4 is 11.6 Å². The van der Waals surface area contributed by atoms with Crippen LogP contribution in [-0.2, 0) is 43.9 Å². The van der Waals surface area contributed by atoms with Gasteiger partial charge in [0.25, 0.3) is 0 Å². The largest absolute Gasteiger partial charge is 0.348 e. The van der Waals surface area contributed by atoms with Crippen LogP contribution >= 0.6 is 0 Å². The van der Waals surface area contributed by atoms with Gasteiger partial charge in [-0.05, 0) is 13.3 Å². The van der Waals surface area contributed by atoms with E-state index in [0.717, 1.165) is 30.6 Å². The molecule has 1 aromatic carbocycles. The third-order valence-corrected chi connectivity index (χ3v) is 3.17. The first-order valence-electron chi connectivity index (χ1n) is 6.27. The number of carbonyl (C=O) groups excluding carboxylic acids is 1. The zero-order valence-electron chi connectivity index (χ0n) is 11.1. The average molecular weight is 317 g/mol. The standard InChI is InChI=1S/C15H18NO.Y/c1-3-12-8-5-6-9-13(12)14-10-7-11-15(17)16(14)4-2;/h5-6,8-9H,3-4,7,11H2,1-2H3;/q-1;. The fourth-order valence-electron chi connectivity index (χ4n) is 2.28. The van der Waals surface area contributed by atoms with E-state index < -0.39 is 0 Å². The molecule has 0 saturated carbocycles. The SMILES string of the molecule is CCc1ccccc1C1=[C-]CCC(=O)N1CC.[Y]. The molecule has 1 aliphatic heterocycles. The molecule has 1 aliphatic rings. The molecule has 18 heavy (non-hydrogen) atoms. The Morgan fingerprint density at radius 3 is 2.67 bits per heavy atom. The van der Waals surface area contributed by atoms with Crippen molar-refractivity contribution in [1.29, 1.82) is 0 Å². The van der Waals surface area contributed by atoms with Crippen LogP contribution in [0.15, 0.2) is 24.3 Å². The molecule has 0 saturated heterocycles. The van der Waals surface area contributed by atoms with Crippen LogP contribution in [0.2, 0.25) is 0 Å². The van der Waals surface area contributed by atoms with Crippen molar-refractivity contribution in [2.24, 2.45) is 0 Å². The van der Waals surface area contributed by atoms with Crippen molar-refractivity contribution in [2.45, 2.75) is 33.1 Å². The predicted octanol–water partition coefficient (Wildman–Crippen LogP) is 3.03. The van der Waals surface area contributed by atoms with Gasteiger partial charge in [-0.3, -0.25) is 4.79 Å². The molecule has 1 amide bonds. The first kappa shape index (κ1) is 15.6. The van der Waals surface area contributed by atoms with E-state index >= 15 is 0 Å². The molecular weight excluding hydrogens is 299 g/mol. The number of nitrogens with zero attached hydrogens (tertiary/aromatic N) is 1. The second kappa shape index (κ2) is 7.20. The molecule has 0 aromatic heterocycles. The summed E-state index contributed by atoms with van der Waals surface area (Å²) in [7, 11) is 0. The second-order valence-corrected chi connectivity index (χ2v) is 4.17. The molecule has 0 N–H and O–H groups in total. The van der Waals surface area contributed by atoms with E-state index in [1.807, 2.05) is 24.0 Å². The quantitative estimate of drug-likeness (QED) is 0.785. The van der Waals surface area contributed by atoms with Crippen LogP contribution in [0.3, 0.4) is 0 Å². The predicted molar refractivity (Wildman–Crippen MR) is 69.1 cm³/mol. The molecule has 0 fully saturated rings. The topological polar surface area (TPSA) is 20.3 Å². The summed E-state index contributed by atoms with van der Waals surface area (Å²) in [5.41, 5.74) is 3.41. The van der Waals surface area contributed by atoms with Gasteiger partial charge in [0.2, 0.25) is 5.91 Å². The Hall–Kier alpha value is -0.466. The Morgan fingerprint density at radius 2 is 2.00 bits per heavy atom. The molecule has 1 radical (unpaired) electrons. The van der Waals surface area contributed by atoms with Gasteiger partial charge in [0.15, 0.2) is 0 Å². The van der Waals surface area contributed by atoms with E-state index in [9.17, 15) is 4.79 Å². The van der Waals surface area contributed by atoms with Crippen molar-refractivity contribution in [3.8, 4) is 0 Å². The van der Waals surface area contributed by atoms with Gasteiger partial charge in [-0.2, -0.15) is 0 Å². The van der Waals surface area contributed by atoms with Crippen molar-refractivity contribution in [1.82, 2.24) is 4.90 Å². The number of hydrogen-bond donors (Lipinski definition) is 0. The molecule has 0 bridgehead atoms. The summed E-state index contributed by atoms with van der Waals surface area (Å²) in [5.74, 6) is 0.215. The summed E-state index contributed by atoms with van der Waals surface area (Å²) in [6.45, 7) is 4.87. The summed E-state index contributed by atoms with van der Waals surface area (Å²) in [6.07, 6.45) is 5.67. The second-order valence-electron chi connectivity index (χ2n) is 4.17. The van der Waals surface area contributed by atoms with Gasteiger partial charge in [-0.15, -0.1) is 29.3 Å². The minimum absolute atomic E-state index is 0. The minimum atomic E-state index is 0. The van der Waals surface area contributed by atoms with Crippen LogP contribution in [0.1, 0.15) is 37.8 Å². The Labute approximate surface area is 134 Å². The van der Waals surface area contributed by atoms with Crippen molar-refractivity contribution in [3.63, 3.8) is 0 Å². The van der Waals surface area contributed by atoms with Gasteiger partial charge in [-0.25, -0.2) is 6.08 Å². The molecule has 1 aromatic rings. The van der Waals surface area contributed by atoms with Crippen molar-refractivity contribution in [2.75, 3.05) is 6.54 Å². The van der Waals surface area contributed by atoms with Crippen LogP contribution < -0.4 is 0 Å². The third kappa shape index (κ3) is 3.10. The number of amides is 1. The molecular formula is C15H18NOY-. The van der Waals surface area contributed by atoms with Crippen LogP contribution in [-0.4, -0.2) is 17.4 Å². The molecule has 0 spiro atoms. The van der Waals surface area contributed by atoms with Gasteiger partial charge < -0.3 is 4.90 Å². The van der Waals surface area contributed by atoms with Crippen LogP contribution in [0.5, 0.6) is 0 Å². The molecule has 0 aliphatic carbocycles. The van der Waals surface area contributed by atoms with E-state index in [-0.39, 0.29) is 38.6 Å². The van der Waals surface area contributed by atoms with Gasteiger partial charge in [0.1, 0.15) is 0 Å². The van der Waals surface area contributed by atoms with E-state index in [1.54, 1.807) is 0 Å². The summed E-state index contributed by atoms with van der Waals surface area (Å²) < 4.78 is 0. The summed E-state index contributed by atoms with van der Waals surface area (Å²) >= 11 is 0. The number of hydrogen-bond acceptors (Lipinski definition) is 1. The van der Waals surface area contributed by atoms with E-state index in [1.165, 1.54) is 5.56 Å². The number of rotatable bonds is 3. The van der Waals surface area contributed by atoms with Crippen LogP contribution in [0, 0.1) is 6.08 Å². The fourth-order valence-corrected chi connectivity index (χ4v) is 2.28. The molecule has 93 valence electrons. The normalized spacial score (nSPS) is 15.1. The third-order valence-electron chi connectivity index (χ3n) is 3.17. The number of carbonyl (C=O) groups is 1. The molecule has 1 heterocycles. The Kier molecular flexibility index (Phi) is 6.24. The molecule has 2 nitrogen and oxygen atoms in total. The monoisotopic (exact) mass is 317 g/mol. The van der Waals surface area contributed by atoms with Crippen molar-refractivity contribution < 1.29 is 37.5 Å². The van der Waals surface area contributed by atoms with Crippen LogP contribution in [0.25, 0.3) is 5.70 Å². The number of allylic oxidation sites excluding steroid dienone is 1. The zero-order valence-corrected chi connectivity index (χ0v) is 13.9. The Balaban J connectivity index is 0.00000162. The molecule has 0 atom stereocenters. The number of benzene rings is 1. The first-order chi connectivity index (χ1) is 8.27. The van der Waals surface area contributed by atoms with Gasteiger partial charge >= 0.3 is 0 Å². The zero-order chi connectivity index (χ0) is 12.3. The first-order valence-corrected chi connectivity index (χ1v) is 6.27. The maximum absolute atomic E-state index is 11.9. The Morgan fingerprint density at radius 1 is 1.28 bits per heavy atom. The van der Waals surface area contributed by atoms with Gasteiger partial charge in [0.05, 0.1) is 0 Å². The molecule has 0 unspecified atom stereocenters. The van der Waals surface area contributed by atoms with E-state index in [4.69, 9.17) is 0 Å². The van der Waals surface area contributed by atoms with E-state index in [2.05, 4.69) is 25.1 Å². The maximum atomic E-state index is 11.9. The van der Waals surface area contributed by atoms with Crippen molar-refractivity contribution in [3.05, 3.63) is 41.5 Å².